The van der Waals surface area contributed by atoms with E-state index in [-0.39, 0.29) is 42.0 Å². The molecule has 0 aromatic rings. The van der Waals surface area contributed by atoms with Crippen LogP contribution in [0.4, 0.5) is 0 Å². The molecule has 4 aliphatic carbocycles. The molecule has 2 saturated carbocycles. The van der Waals surface area contributed by atoms with E-state index in [1.807, 2.05) is 13.0 Å². The lowest BCUT2D eigenvalue weighted by atomic mass is 9.60. The van der Waals surface area contributed by atoms with Gasteiger partial charge >= 0.3 is 5.97 Å². The summed E-state index contributed by atoms with van der Waals surface area (Å²) < 4.78 is 6.29. The number of carbonyl (C=O) groups is 2. The number of fused-ring (bicyclic) bond motifs is 5. The summed E-state index contributed by atoms with van der Waals surface area (Å²) in [6.07, 6.45) is 16.4. The maximum atomic E-state index is 13.0. The zero-order valence-electron chi connectivity index (χ0n) is 24.0. The Balaban J connectivity index is 1.48. The molecule has 0 radical (unpaired) electrons. The first-order chi connectivity index (χ1) is 17.9. The van der Waals surface area contributed by atoms with Crippen molar-refractivity contribution >= 4 is 11.8 Å². The van der Waals surface area contributed by atoms with Crippen molar-refractivity contribution in [1.82, 2.24) is 0 Å². The molecule has 7 atom stereocenters. The van der Waals surface area contributed by atoms with Crippen molar-refractivity contribution < 1.29 is 29.6 Å². The van der Waals surface area contributed by atoms with Gasteiger partial charge in [-0.3, -0.25) is 9.59 Å². The van der Waals surface area contributed by atoms with Crippen molar-refractivity contribution in [3.8, 4) is 0 Å². The van der Waals surface area contributed by atoms with E-state index < -0.39 is 28.6 Å². The molecular weight excluding hydrogens is 480 g/mol. The van der Waals surface area contributed by atoms with Gasteiger partial charge in [0.15, 0.2) is 5.78 Å². The molecule has 4 aliphatic rings. The minimum absolute atomic E-state index is 0.000638. The molecule has 0 aliphatic heterocycles. The number of aliphatic hydroxyl groups is 3. The van der Waals surface area contributed by atoms with Gasteiger partial charge in [-0.15, -0.1) is 0 Å². The Morgan fingerprint density at radius 1 is 1.11 bits per heavy atom. The highest BCUT2D eigenvalue weighted by Gasteiger charge is 2.83. The van der Waals surface area contributed by atoms with Gasteiger partial charge in [0, 0.05) is 36.0 Å². The number of rotatable bonds is 11. The predicted molar refractivity (Wildman–Crippen MR) is 147 cm³/mol. The Labute approximate surface area is 228 Å². The number of Topliss-reactive ketones (excluding diaryl/α,β-unsaturated/α-hetero) is 1. The lowest BCUT2D eigenvalue weighted by Crippen LogP contribution is -2.61. The fourth-order valence-electron chi connectivity index (χ4n) is 8.13. The fourth-order valence-corrected chi connectivity index (χ4v) is 8.13. The number of ketones is 1. The van der Waals surface area contributed by atoms with Crippen LogP contribution < -0.4 is 0 Å². The van der Waals surface area contributed by atoms with Crippen LogP contribution in [0.2, 0.25) is 0 Å². The first kappa shape index (κ1) is 29.2. The van der Waals surface area contributed by atoms with Crippen molar-refractivity contribution in [3.63, 3.8) is 0 Å². The SMILES string of the molecule is CCCCC/C=C\CCCCC(=O)O[C@@]12C[C@@H](C)[C@]3(O)[C@H]4C=C(C)C(=O)[C@@]4(O)CC(CO)=C[C@H]3[C@@H]1C2(C)C. The van der Waals surface area contributed by atoms with Crippen LogP contribution in [0.5, 0.6) is 0 Å². The molecule has 0 spiro atoms. The number of ether oxygens (including phenoxy) is 1. The van der Waals surface area contributed by atoms with Gasteiger partial charge < -0.3 is 20.1 Å². The average Bonchev–Trinajstić information content (AvgIpc) is 3.26. The van der Waals surface area contributed by atoms with Gasteiger partial charge in [0.1, 0.15) is 11.2 Å². The Morgan fingerprint density at radius 3 is 2.39 bits per heavy atom. The number of carbonyl (C=O) groups excluding carboxylic acids is 2. The molecular formula is C32H48O6. The third-order valence-electron chi connectivity index (χ3n) is 10.3. The molecule has 6 heteroatoms. The summed E-state index contributed by atoms with van der Waals surface area (Å²) in [5.41, 5.74) is -3.25. The second kappa shape index (κ2) is 10.7. The summed E-state index contributed by atoms with van der Waals surface area (Å²) in [5.74, 6) is -2.31. The Kier molecular flexibility index (Phi) is 8.20. The number of unbranched alkanes of at least 4 members (excludes halogenated alkanes) is 5. The highest BCUT2D eigenvalue weighted by molar-refractivity contribution is 6.04. The number of allylic oxidation sites excluding steroid dienone is 2. The van der Waals surface area contributed by atoms with E-state index in [1.165, 1.54) is 19.3 Å². The topological polar surface area (TPSA) is 104 Å². The van der Waals surface area contributed by atoms with Gasteiger partial charge in [0.05, 0.1) is 12.2 Å². The standard InChI is InChI=1S/C32H48O6/c1-6-7-8-9-10-11-12-13-14-15-26(34)38-31-18-22(3)32(37)24(27(31)29(31,4)5)17-23(20-33)19-30(36)25(32)16-21(2)28(30)35/h10-11,16-17,22,24-25,27,33,36-37H,6-9,12-15,18-20H2,1-5H3/b11-10-/t22-,24+,25+,27-,30-,31+,32-/m1/s1. The highest BCUT2D eigenvalue weighted by Crippen LogP contribution is 2.76. The first-order valence-electron chi connectivity index (χ1n) is 14.7. The van der Waals surface area contributed by atoms with Gasteiger partial charge in [0.25, 0.3) is 0 Å². The van der Waals surface area contributed by atoms with E-state index in [4.69, 9.17) is 4.74 Å². The Hall–Kier alpha value is -1.76. The van der Waals surface area contributed by atoms with E-state index in [0.717, 1.165) is 25.7 Å². The maximum Gasteiger partial charge on any atom is 0.306 e. The molecule has 0 unspecified atom stereocenters. The zero-order chi connectivity index (χ0) is 27.9. The monoisotopic (exact) mass is 528 g/mol. The van der Waals surface area contributed by atoms with E-state index in [0.29, 0.717) is 24.0 Å². The minimum Gasteiger partial charge on any atom is -0.458 e. The largest absolute Gasteiger partial charge is 0.458 e. The molecule has 0 amide bonds. The number of esters is 1. The molecule has 4 rings (SSSR count). The van der Waals surface area contributed by atoms with Crippen LogP contribution in [0.25, 0.3) is 0 Å². The molecule has 212 valence electrons. The molecule has 0 aromatic carbocycles. The highest BCUT2D eigenvalue weighted by atomic mass is 16.6. The number of hydrogen-bond donors (Lipinski definition) is 3. The smallest absolute Gasteiger partial charge is 0.306 e. The van der Waals surface area contributed by atoms with Gasteiger partial charge in [-0.1, -0.05) is 64.8 Å². The van der Waals surface area contributed by atoms with Gasteiger partial charge in [-0.25, -0.2) is 0 Å². The number of aliphatic hydroxyl groups excluding tert-OH is 1. The van der Waals surface area contributed by atoms with Crippen molar-refractivity contribution in [2.24, 2.45) is 29.1 Å². The third kappa shape index (κ3) is 4.54. The van der Waals surface area contributed by atoms with Crippen LogP contribution in [0.15, 0.2) is 35.5 Å². The van der Waals surface area contributed by atoms with Crippen LogP contribution in [0.3, 0.4) is 0 Å². The third-order valence-corrected chi connectivity index (χ3v) is 10.3. The normalized spacial score (nSPS) is 39.1. The Bertz CT molecular complexity index is 1020. The average molecular weight is 529 g/mol. The summed E-state index contributed by atoms with van der Waals surface area (Å²) in [6, 6.07) is 0. The first-order valence-corrected chi connectivity index (χ1v) is 14.7. The maximum absolute atomic E-state index is 13.0. The predicted octanol–water partition coefficient (Wildman–Crippen LogP) is 5.21. The van der Waals surface area contributed by atoms with E-state index >= 15 is 0 Å². The van der Waals surface area contributed by atoms with Crippen molar-refractivity contribution in [2.45, 2.75) is 116 Å². The Morgan fingerprint density at radius 2 is 1.76 bits per heavy atom. The summed E-state index contributed by atoms with van der Waals surface area (Å²) in [5, 5.41) is 34.1. The fraction of sp³-hybridized carbons (Fsp3) is 0.750. The summed E-state index contributed by atoms with van der Waals surface area (Å²) in [6.45, 7) is 9.68. The van der Waals surface area contributed by atoms with Crippen LogP contribution in [0, 0.1) is 29.1 Å². The van der Waals surface area contributed by atoms with Crippen molar-refractivity contribution in [1.29, 1.82) is 0 Å². The zero-order valence-corrected chi connectivity index (χ0v) is 24.0. The van der Waals surface area contributed by atoms with E-state index in [9.17, 15) is 24.9 Å². The molecule has 0 heterocycles. The molecule has 38 heavy (non-hydrogen) atoms. The second-order valence-electron chi connectivity index (χ2n) is 13.0. The second-order valence-corrected chi connectivity index (χ2v) is 13.0. The lowest BCUT2D eigenvalue weighted by molar-refractivity contribution is -0.187. The number of hydrogen-bond acceptors (Lipinski definition) is 6. The lowest BCUT2D eigenvalue weighted by Gasteiger charge is -2.50. The van der Waals surface area contributed by atoms with Gasteiger partial charge in [-0.05, 0) is 62.5 Å². The summed E-state index contributed by atoms with van der Waals surface area (Å²) >= 11 is 0. The molecule has 2 fully saturated rings. The minimum atomic E-state index is -1.77. The molecule has 0 aromatic heterocycles. The molecule has 0 bridgehead atoms. The van der Waals surface area contributed by atoms with Crippen molar-refractivity contribution in [2.75, 3.05) is 6.61 Å². The van der Waals surface area contributed by atoms with Crippen molar-refractivity contribution in [3.05, 3.63) is 35.5 Å². The van der Waals surface area contributed by atoms with Crippen LogP contribution in [0.1, 0.15) is 98.8 Å². The van der Waals surface area contributed by atoms with E-state index in [1.54, 1.807) is 13.0 Å². The van der Waals surface area contributed by atoms with Gasteiger partial charge in [0.2, 0.25) is 0 Å². The summed E-state index contributed by atoms with van der Waals surface area (Å²) in [7, 11) is 0. The molecule has 0 saturated heterocycles. The summed E-state index contributed by atoms with van der Waals surface area (Å²) in [4.78, 5) is 26.1. The van der Waals surface area contributed by atoms with Crippen LogP contribution >= 0.6 is 0 Å². The molecule has 3 N–H and O–H groups in total. The van der Waals surface area contributed by atoms with E-state index in [2.05, 4.69) is 32.9 Å². The van der Waals surface area contributed by atoms with Crippen LogP contribution in [-0.2, 0) is 14.3 Å². The van der Waals surface area contributed by atoms with Gasteiger partial charge in [-0.2, -0.15) is 0 Å². The quantitative estimate of drug-likeness (QED) is 0.193. The van der Waals surface area contributed by atoms with Crippen LogP contribution in [-0.4, -0.2) is 50.5 Å². The molecule has 6 nitrogen and oxygen atoms in total.